The summed E-state index contributed by atoms with van der Waals surface area (Å²) in [5, 5.41) is 16.4. The van der Waals surface area contributed by atoms with E-state index >= 15 is 0 Å². The van der Waals surface area contributed by atoms with Gasteiger partial charge in [0.1, 0.15) is 16.9 Å². The van der Waals surface area contributed by atoms with Gasteiger partial charge in [-0.25, -0.2) is 4.39 Å². The Morgan fingerprint density at radius 3 is 2.59 bits per heavy atom. The van der Waals surface area contributed by atoms with E-state index in [4.69, 9.17) is 0 Å². The summed E-state index contributed by atoms with van der Waals surface area (Å²) in [5.74, 6) is -0.911. The number of amides is 2. The summed E-state index contributed by atoms with van der Waals surface area (Å²) >= 11 is 2.70. The highest BCUT2D eigenvalue weighted by molar-refractivity contribution is 7.18. The Labute approximate surface area is 176 Å². The molecule has 0 aliphatic rings. The number of halogens is 1. The summed E-state index contributed by atoms with van der Waals surface area (Å²) in [6.45, 7) is 3.88. The van der Waals surface area contributed by atoms with Gasteiger partial charge >= 0.3 is 0 Å². The molecule has 0 spiro atoms. The molecule has 152 valence electrons. The Balaban J connectivity index is 1.66. The van der Waals surface area contributed by atoms with E-state index < -0.39 is 6.04 Å². The maximum atomic E-state index is 13.1. The van der Waals surface area contributed by atoms with Crippen LogP contribution in [0.4, 0.5) is 9.52 Å². The van der Waals surface area contributed by atoms with Crippen LogP contribution in [0.2, 0.25) is 0 Å². The Morgan fingerprint density at radius 1 is 1.17 bits per heavy atom. The quantitative estimate of drug-likeness (QED) is 0.561. The summed E-state index contributed by atoms with van der Waals surface area (Å²) in [4.78, 5) is 26.1. The van der Waals surface area contributed by atoms with Crippen molar-refractivity contribution in [2.75, 3.05) is 5.32 Å². The van der Waals surface area contributed by atoms with Crippen LogP contribution in [0.5, 0.6) is 0 Å². The van der Waals surface area contributed by atoms with E-state index in [9.17, 15) is 14.0 Å². The molecule has 1 aromatic carbocycles. The van der Waals surface area contributed by atoms with E-state index in [1.165, 1.54) is 34.8 Å². The van der Waals surface area contributed by atoms with Crippen molar-refractivity contribution in [3.05, 3.63) is 52.5 Å². The van der Waals surface area contributed by atoms with Gasteiger partial charge in [0, 0.05) is 10.4 Å². The fraction of sp³-hybridized carbons (Fsp3) is 0.300. The second-order valence-corrected chi connectivity index (χ2v) is 8.61. The molecule has 0 saturated carbocycles. The predicted molar refractivity (Wildman–Crippen MR) is 113 cm³/mol. The van der Waals surface area contributed by atoms with Gasteiger partial charge in [0.05, 0.1) is 6.42 Å². The van der Waals surface area contributed by atoms with Gasteiger partial charge in [0.15, 0.2) is 0 Å². The smallest absolute Gasteiger partial charge is 0.249 e. The van der Waals surface area contributed by atoms with Crippen molar-refractivity contribution in [1.29, 1.82) is 0 Å². The highest BCUT2D eigenvalue weighted by Gasteiger charge is 2.27. The maximum Gasteiger partial charge on any atom is 0.249 e. The van der Waals surface area contributed by atoms with Crippen LogP contribution in [0.15, 0.2) is 41.8 Å². The van der Waals surface area contributed by atoms with Crippen LogP contribution in [-0.4, -0.2) is 28.1 Å². The second-order valence-electron chi connectivity index (χ2n) is 6.60. The fourth-order valence-corrected chi connectivity index (χ4v) is 4.12. The number of hydrogen-bond acceptors (Lipinski definition) is 6. The first-order valence-corrected chi connectivity index (χ1v) is 10.9. The Bertz CT molecular complexity index is 957. The lowest BCUT2D eigenvalue weighted by atomic mass is 9.98. The largest absolute Gasteiger partial charge is 0.344 e. The molecule has 3 rings (SSSR count). The van der Waals surface area contributed by atoms with Crippen LogP contribution in [0, 0.1) is 11.7 Å². The number of aromatic nitrogens is 2. The monoisotopic (exact) mass is 432 g/mol. The number of thiophene rings is 1. The standard InChI is InChI=1S/C20H21FN4O2S2/c1-3-12(2)17(22-16(26)11-15-5-4-10-28-15)18(27)23-20-25-24-19(29-20)13-6-8-14(21)9-7-13/h4-10,12,17H,3,11H2,1-2H3,(H,22,26)(H,23,25,27). The van der Waals surface area contributed by atoms with Crippen molar-refractivity contribution >= 4 is 39.6 Å². The first-order chi connectivity index (χ1) is 14.0. The van der Waals surface area contributed by atoms with Crippen LogP contribution in [0.1, 0.15) is 25.1 Å². The second kappa shape index (κ2) is 9.71. The maximum absolute atomic E-state index is 13.1. The minimum absolute atomic E-state index is 0.0493. The summed E-state index contributed by atoms with van der Waals surface area (Å²) in [5.41, 5.74) is 0.715. The molecule has 0 fully saturated rings. The number of benzene rings is 1. The lowest BCUT2D eigenvalue weighted by Crippen LogP contribution is -2.48. The predicted octanol–water partition coefficient (Wildman–Crippen LogP) is 4.12. The molecule has 0 radical (unpaired) electrons. The Hall–Kier alpha value is -2.65. The molecule has 0 aliphatic carbocycles. The van der Waals surface area contributed by atoms with Crippen molar-refractivity contribution in [2.45, 2.75) is 32.7 Å². The first-order valence-electron chi connectivity index (χ1n) is 9.18. The molecule has 2 aromatic heterocycles. The van der Waals surface area contributed by atoms with E-state index in [0.29, 0.717) is 15.7 Å². The Morgan fingerprint density at radius 2 is 1.93 bits per heavy atom. The van der Waals surface area contributed by atoms with E-state index in [1.807, 2.05) is 31.4 Å². The third-order valence-electron chi connectivity index (χ3n) is 4.47. The van der Waals surface area contributed by atoms with Crippen LogP contribution < -0.4 is 10.6 Å². The minimum atomic E-state index is -0.675. The zero-order valence-electron chi connectivity index (χ0n) is 16.0. The number of rotatable bonds is 8. The molecule has 0 saturated heterocycles. The van der Waals surface area contributed by atoms with Crippen molar-refractivity contribution < 1.29 is 14.0 Å². The van der Waals surface area contributed by atoms with E-state index in [0.717, 1.165) is 11.3 Å². The number of carbonyl (C=O) groups is 2. The molecular formula is C20H21FN4O2S2. The van der Waals surface area contributed by atoms with Crippen molar-refractivity contribution in [2.24, 2.45) is 5.92 Å². The minimum Gasteiger partial charge on any atom is -0.344 e. The molecular weight excluding hydrogens is 411 g/mol. The van der Waals surface area contributed by atoms with E-state index in [2.05, 4.69) is 20.8 Å². The third-order valence-corrected chi connectivity index (χ3v) is 6.24. The van der Waals surface area contributed by atoms with Crippen LogP contribution in [0.25, 0.3) is 10.6 Å². The fourth-order valence-electron chi connectivity index (χ4n) is 2.66. The lowest BCUT2D eigenvalue weighted by molar-refractivity contribution is -0.127. The molecule has 6 nitrogen and oxygen atoms in total. The van der Waals surface area contributed by atoms with Crippen molar-refractivity contribution in [3.63, 3.8) is 0 Å². The number of hydrogen-bond donors (Lipinski definition) is 2. The molecule has 2 N–H and O–H groups in total. The average Bonchev–Trinajstić information content (AvgIpc) is 3.38. The molecule has 9 heteroatoms. The molecule has 29 heavy (non-hydrogen) atoms. The van der Waals surface area contributed by atoms with E-state index in [-0.39, 0.29) is 30.0 Å². The summed E-state index contributed by atoms with van der Waals surface area (Å²) < 4.78 is 13.1. The molecule has 3 aromatic rings. The topological polar surface area (TPSA) is 84.0 Å². The van der Waals surface area contributed by atoms with Gasteiger partial charge in [-0.1, -0.05) is 37.7 Å². The summed E-state index contributed by atoms with van der Waals surface area (Å²) in [6.07, 6.45) is 0.972. The summed E-state index contributed by atoms with van der Waals surface area (Å²) in [7, 11) is 0. The third kappa shape index (κ3) is 5.68. The molecule has 2 unspecified atom stereocenters. The van der Waals surface area contributed by atoms with Gasteiger partial charge in [-0.2, -0.15) is 0 Å². The molecule has 2 atom stereocenters. The number of carbonyl (C=O) groups excluding carboxylic acids is 2. The van der Waals surface area contributed by atoms with Gasteiger partial charge < -0.3 is 5.32 Å². The van der Waals surface area contributed by atoms with Crippen molar-refractivity contribution in [1.82, 2.24) is 15.5 Å². The summed E-state index contributed by atoms with van der Waals surface area (Å²) in [6, 6.07) is 9.00. The van der Waals surface area contributed by atoms with E-state index in [1.54, 1.807) is 12.1 Å². The van der Waals surface area contributed by atoms with Crippen molar-refractivity contribution in [3.8, 4) is 10.6 Å². The molecule has 0 bridgehead atoms. The molecule has 0 aliphatic heterocycles. The average molecular weight is 433 g/mol. The molecule has 2 heterocycles. The first kappa shape index (κ1) is 21.1. The zero-order chi connectivity index (χ0) is 20.8. The number of anilines is 1. The SMILES string of the molecule is CCC(C)C(NC(=O)Cc1cccs1)C(=O)Nc1nnc(-c2ccc(F)cc2)s1. The van der Waals surface area contributed by atoms with Crippen LogP contribution >= 0.6 is 22.7 Å². The number of nitrogens with zero attached hydrogens (tertiary/aromatic N) is 2. The van der Waals surface area contributed by atoms with Gasteiger partial charge in [-0.05, 0) is 41.6 Å². The van der Waals surface area contributed by atoms with Crippen LogP contribution in [0.3, 0.4) is 0 Å². The highest BCUT2D eigenvalue weighted by Crippen LogP contribution is 2.26. The zero-order valence-corrected chi connectivity index (χ0v) is 17.6. The van der Waals surface area contributed by atoms with Gasteiger partial charge in [-0.15, -0.1) is 21.5 Å². The number of nitrogens with one attached hydrogen (secondary N) is 2. The lowest BCUT2D eigenvalue weighted by Gasteiger charge is -2.22. The molecule has 2 amide bonds. The normalized spacial score (nSPS) is 12.9. The highest BCUT2D eigenvalue weighted by atomic mass is 32.1. The van der Waals surface area contributed by atoms with Gasteiger partial charge in [-0.3, -0.25) is 14.9 Å². The van der Waals surface area contributed by atoms with Gasteiger partial charge in [0.2, 0.25) is 16.9 Å². The Kier molecular flexibility index (Phi) is 7.05. The van der Waals surface area contributed by atoms with Crippen LogP contribution in [-0.2, 0) is 16.0 Å². The van der Waals surface area contributed by atoms with Gasteiger partial charge in [0.25, 0.3) is 0 Å².